The van der Waals surface area contributed by atoms with Crippen LogP contribution in [-0.2, 0) is 0 Å². The van der Waals surface area contributed by atoms with Crippen molar-refractivity contribution in [3.05, 3.63) is 53.7 Å². The van der Waals surface area contributed by atoms with Gasteiger partial charge in [0.05, 0.1) is 11.3 Å². The highest BCUT2D eigenvalue weighted by atomic mass is 32.2. The number of ketones is 1. The fourth-order valence-corrected chi connectivity index (χ4v) is 4.05. The zero-order valence-corrected chi connectivity index (χ0v) is 14.4. The van der Waals surface area contributed by atoms with Gasteiger partial charge in [0.25, 0.3) is 5.22 Å². The first-order valence-electron chi connectivity index (χ1n) is 7.33. The summed E-state index contributed by atoms with van der Waals surface area (Å²) in [6, 6.07) is 11.0. The molecule has 6 nitrogen and oxygen atoms in total. The molecule has 0 radical (unpaired) electrons. The molecule has 1 N–H and O–H groups in total. The number of nitrogens with zero attached hydrogens (tertiary/aromatic N) is 3. The molecule has 4 rings (SSSR count). The summed E-state index contributed by atoms with van der Waals surface area (Å²) in [4.78, 5) is 16.8. The summed E-state index contributed by atoms with van der Waals surface area (Å²) in [5.74, 6) is 0.320. The van der Waals surface area contributed by atoms with Crippen molar-refractivity contribution in [2.75, 3.05) is 5.75 Å². The predicted octanol–water partition coefficient (Wildman–Crippen LogP) is 4.03. The second kappa shape index (κ2) is 6.66. The Morgan fingerprint density at radius 3 is 2.88 bits per heavy atom. The maximum atomic E-state index is 12.4. The molecule has 0 bridgehead atoms. The van der Waals surface area contributed by atoms with Gasteiger partial charge in [0.2, 0.25) is 5.89 Å². The Bertz CT molecular complexity index is 1040. The van der Waals surface area contributed by atoms with Crippen LogP contribution in [0.5, 0.6) is 5.75 Å². The molecule has 0 atom stereocenters. The van der Waals surface area contributed by atoms with Gasteiger partial charge in [0.15, 0.2) is 5.78 Å². The number of hydrogen-bond acceptors (Lipinski definition) is 8. The lowest BCUT2D eigenvalue weighted by Crippen LogP contribution is -1.99. The van der Waals surface area contributed by atoms with Crippen LogP contribution in [0.25, 0.3) is 21.5 Å². The minimum atomic E-state index is -0.176. The van der Waals surface area contributed by atoms with Crippen LogP contribution in [0.15, 0.2) is 58.4 Å². The third-order valence-corrected chi connectivity index (χ3v) is 5.48. The maximum Gasteiger partial charge on any atom is 0.277 e. The predicted molar refractivity (Wildman–Crippen MR) is 96.1 cm³/mol. The van der Waals surface area contributed by atoms with E-state index in [0.717, 1.165) is 22.0 Å². The molecule has 0 aliphatic carbocycles. The molecule has 0 aliphatic rings. The van der Waals surface area contributed by atoms with E-state index in [9.17, 15) is 9.90 Å². The average molecular weight is 369 g/mol. The van der Waals surface area contributed by atoms with Crippen LogP contribution < -0.4 is 0 Å². The lowest BCUT2D eigenvalue weighted by molar-refractivity contribution is 0.102. The number of rotatable bonds is 5. The van der Waals surface area contributed by atoms with E-state index in [0.29, 0.717) is 21.4 Å². The Labute approximate surface area is 150 Å². The molecular weight excluding hydrogens is 358 g/mol. The van der Waals surface area contributed by atoms with Crippen LogP contribution in [0.1, 0.15) is 9.67 Å². The van der Waals surface area contributed by atoms with Crippen molar-refractivity contribution in [1.29, 1.82) is 0 Å². The van der Waals surface area contributed by atoms with E-state index < -0.39 is 0 Å². The van der Waals surface area contributed by atoms with Crippen molar-refractivity contribution in [1.82, 2.24) is 15.2 Å². The van der Waals surface area contributed by atoms with E-state index in [1.165, 1.54) is 11.3 Å². The van der Waals surface area contributed by atoms with Crippen LogP contribution in [0.4, 0.5) is 0 Å². The Balaban J connectivity index is 1.48. The number of carbonyl (C=O) groups excluding carboxylic acids is 1. The molecule has 124 valence electrons. The monoisotopic (exact) mass is 369 g/mol. The molecule has 8 heteroatoms. The largest absolute Gasteiger partial charge is 0.506 e. The quantitative estimate of drug-likeness (QED) is 0.420. The van der Waals surface area contributed by atoms with E-state index in [2.05, 4.69) is 15.2 Å². The smallest absolute Gasteiger partial charge is 0.277 e. The zero-order chi connectivity index (χ0) is 17.2. The van der Waals surface area contributed by atoms with Gasteiger partial charge in [0, 0.05) is 22.5 Å². The van der Waals surface area contributed by atoms with Crippen molar-refractivity contribution in [2.45, 2.75) is 5.22 Å². The van der Waals surface area contributed by atoms with Gasteiger partial charge in [-0.05, 0) is 24.3 Å². The zero-order valence-electron chi connectivity index (χ0n) is 12.7. The Morgan fingerprint density at radius 2 is 2.08 bits per heavy atom. The van der Waals surface area contributed by atoms with Crippen molar-refractivity contribution < 1.29 is 14.3 Å². The summed E-state index contributed by atoms with van der Waals surface area (Å²) >= 11 is 2.42. The fraction of sp³-hybridized carbons (Fsp3) is 0.0588. The standard InChI is InChI=1S/C17H11N3O3S2/c21-12(15-14(22)11-5-1-2-6-13(11)25-15)9-24-17-20-19-16(23-17)10-4-3-7-18-8-10/h1-8,22H,9H2. The van der Waals surface area contributed by atoms with E-state index in [4.69, 9.17) is 4.42 Å². The molecular formula is C17H11N3O3S2. The van der Waals surface area contributed by atoms with E-state index in [1.54, 1.807) is 24.5 Å². The van der Waals surface area contributed by atoms with Crippen LogP contribution in [0.2, 0.25) is 0 Å². The van der Waals surface area contributed by atoms with Gasteiger partial charge >= 0.3 is 0 Å². The minimum absolute atomic E-state index is 0.0350. The number of hydrogen-bond donors (Lipinski definition) is 1. The molecule has 1 aromatic carbocycles. The molecule has 25 heavy (non-hydrogen) atoms. The van der Waals surface area contributed by atoms with Crippen molar-refractivity contribution in [2.24, 2.45) is 0 Å². The molecule has 0 unspecified atom stereocenters. The first-order chi connectivity index (χ1) is 12.2. The summed E-state index contributed by atoms with van der Waals surface area (Å²) in [6.07, 6.45) is 3.29. The number of thiophene rings is 1. The lowest BCUT2D eigenvalue weighted by Gasteiger charge is -1.96. The van der Waals surface area contributed by atoms with Gasteiger partial charge in [-0.15, -0.1) is 21.5 Å². The second-order valence-electron chi connectivity index (χ2n) is 5.10. The number of pyridine rings is 1. The van der Waals surface area contributed by atoms with Crippen LogP contribution >= 0.6 is 23.1 Å². The number of carbonyl (C=O) groups is 1. The number of thioether (sulfide) groups is 1. The topological polar surface area (TPSA) is 89.1 Å². The number of aromatic nitrogens is 3. The van der Waals surface area contributed by atoms with Gasteiger partial charge in [-0.1, -0.05) is 23.9 Å². The summed E-state index contributed by atoms with van der Waals surface area (Å²) in [7, 11) is 0. The molecule has 4 aromatic rings. The Morgan fingerprint density at radius 1 is 1.20 bits per heavy atom. The molecule has 0 fully saturated rings. The number of benzene rings is 1. The van der Waals surface area contributed by atoms with Crippen LogP contribution in [-0.4, -0.2) is 31.8 Å². The third-order valence-electron chi connectivity index (χ3n) is 3.46. The molecule has 0 saturated heterocycles. The summed E-state index contributed by atoms with van der Waals surface area (Å²) in [6.45, 7) is 0. The normalized spacial score (nSPS) is 11.0. The molecule has 3 heterocycles. The van der Waals surface area contributed by atoms with Gasteiger partial charge < -0.3 is 9.52 Å². The van der Waals surface area contributed by atoms with E-state index >= 15 is 0 Å². The third kappa shape index (κ3) is 3.13. The summed E-state index contributed by atoms with van der Waals surface area (Å²) in [5.41, 5.74) is 0.718. The molecule has 0 amide bonds. The van der Waals surface area contributed by atoms with E-state index in [-0.39, 0.29) is 17.3 Å². The number of Topliss-reactive ketones (excluding diaryl/α,β-unsaturated/α-hetero) is 1. The van der Waals surface area contributed by atoms with Gasteiger partial charge in [-0.3, -0.25) is 9.78 Å². The Hall–Kier alpha value is -2.71. The molecule has 0 spiro atoms. The SMILES string of the molecule is O=C(CSc1nnc(-c2cccnc2)o1)c1sc2ccccc2c1O. The van der Waals surface area contributed by atoms with Crippen molar-refractivity contribution in [3.63, 3.8) is 0 Å². The van der Waals surface area contributed by atoms with E-state index in [1.807, 2.05) is 24.3 Å². The lowest BCUT2D eigenvalue weighted by atomic mass is 10.2. The Kier molecular flexibility index (Phi) is 4.21. The highest BCUT2D eigenvalue weighted by molar-refractivity contribution is 7.99. The average Bonchev–Trinajstić information content (AvgIpc) is 3.26. The highest BCUT2D eigenvalue weighted by Gasteiger charge is 2.19. The van der Waals surface area contributed by atoms with Crippen LogP contribution in [0, 0.1) is 0 Å². The molecule has 3 aromatic heterocycles. The van der Waals surface area contributed by atoms with Crippen LogP contribution in [0.3, 0.4) is 0 Å². The first kappa shape index (κ1) is 15.8. The first-order valence-corrected chi connectivity index (χ1v) is 9.13. The maximum absolute atomic E-state index is 12.4. The van der Waals surface area contributed by atoms with Gasteiger partial charge in [-0.25, -0.2) is 0 Å². The summed E-state index contributed by atoms with van der Waals surface area (Å²) < 4.78 is 6.41. The summed E-state index contributed by atoms with van der Waals surface area (Å²) in [5, 5.41) is 19.1. The minimum Gasteiger partial charge on any atom is -0.506 e. The highest BCUT2D eigenvalue weighted by Crippen LogP contribution is 2.37. The molecule has 0 saturated carbocycles. The molecule has 0 aliphatic heterocycles. The fourth-order valence-electron chi connectivity index (χ4n) is 2.29. The van der Waals surface area contributed by atoms with Gasteiger partial charge in [0.1, 0.15) is 10.6 Å². The number of fused-ring (bicyclic) bond motifs is 1. The second-order valence-corrected chi connectivity index (χ2v) is 7.08. The number of aromatic hydroxyl groups is 1. The van der Waals surface area contributed by atoms with Crippen molar-refractivity contribution >= 4 is 39.0 Å². The van der Waals surface area contributed by atoms with Gasteiger partial charge in [-0.2, -0.15) is 0 Å². The van der Waals surface area contributed by atoms with Crippen molar-refractivity contribution in [3.8, 4) is 17.2 Å².